The van der Waals surface area contributed by atoms with E-state index in [1.165, 1.54) is 12.1 Å². The number of aryl methyl sites for hydroxylation is 1. The third-order valence-electron chi connectivity index (χ3n) is 2.51. The van der Waals surface area contributed by atoms with Crippen molar-refractivity contribution < 1.29 is 19.2 Å². The molecule has 3 N–H and O–H groups in total. The van der Waals surface area contributed by atoms with E-state index in [-0.39, 0.29) is 17.8 Å². The summed E-state index contributed by atoms with van der Waals surface area (Å²) in [6, 6.07) is 7.34. The molecule has 1 aromatic carbocycles. The number of nitrogens with one attached hydrogen (secondary N) is 2. The van der Waals surface area contributed by atoms with Crippen LogP contribution in [0.4, 0.5) is 10.5 Å². The number of anilines is 1. The lowest BCUT2D eigenvalue weighted by atomic mass is 10.2. The number of aromatic nitrogens is 1. The highest BCUT2D eigenvalue weighted by atomic mass is 16.5. The van der Waals surface area contributed by atoms with Crippen molar-refractivity contribution in [3.63, 3.8) is 0 Å². The van der Waals surface area contributed by atoms with Crippen LogP contribution in [0.3, 0.4) is 0 Å². The summed E-state index contributed by atoms with van der Waals surface area (Å²) in [5.41, 5.74) is 0.975. The minimum atomic E-state index is -1.10. The van der Waals surface area contributed by atoms with Gasteiger partial charge in [-0.25, -0.2) is 9.59 Å². The fraction of sp³-hybridized carbons (Fsp3) is 0.154. The Kier molecular flexibility index (Phi) is 3.99. The van der Waals surface area contributed by atoms with Gasteiger partial charge in [-0.05, 0) is 19.1 Å². The molecule has 7 heteroatoms. The van der Waals surface area contributed by atoms with Crippen molar-refractivity contribution in [3.8, 4) is 0 Å². The van der Waals surface area contributed by atoms with Gasteiger partial charge in [-0.2, -0.15) is 0 Å². The van der Waals surface area contributed by atoms with E-state index < -0.39 is 12.0 Å². The van der Waals surface area contributed by atoms with E-state index in [0.29, 0.717) is 5.76 Å². The van der Waals surface area contributed by atoms with Crippen LogP contribution < -0.4 is 10.6 Å². The van der Waals surface area contributed by atoms with E-state index in [9.17, 15) is 9.59 Å². The molecular weight excluding hydrogens is 262 g/mol. The Bertz CT molecular complexity index is 636. The van der Waals surface area contributed by atoms with Crippen LogP contribution in [0.1, 0.15) is 21.8 Å². The van der Waals surface area contributed by atoms with Gasteiger partial charge in [-0.3, -0.25) is 0 Å². The molecule has 0 atom stereocenters. The van der Waals surface area contributed by atoms with E-state index in [1.54, 1.807) is 25.1 Å². The number of carboxylic acid groups (broad SMARTS) is 1. The number of nitrogens with zero attached hydrogens (tertiary/aromatic N) is 1. The first-order valence-electron chi connectivity index (χ1n) is 5.85. The van der Waals surface area contributed by atoms with Crippen LogP contribution in [0.5, 0.6) is 0 Å². The van der Waals surface area contributed by atoms with Gasteiger partial charge in [-0.1, -0.05) is 17.3 Å². The van der Waals surface area contributed by atoms with Crippen LogP contribution in [0.15, 0.2) is 34.9 Å². The fourth-order valence-corrected chi connectivity index (χ4v) is 1.61. The third-order valence-corrected chi connectivity index (χ3v) is 2.51. The molecule has 0 aliphatic heterocycles. The van der Waals surface area contributed by atoms with Crippen molar-refractivity contribution >= 4 is 17.7 Å². The van der Waals surface area contributed by atoms with Crippen molar-refractivity contribution in [2.75, 3.05) is 5.32 Å². The molecule has 20 heavy (non-hydrogen) atoms. The zero-order chi connectivity index (χ0) is 14.5. The van der Waals surface area contributed by atoms with Crippen LogP contribution in [0, 0.1) is 6.92 Å². The zero-order valence-electron chi connectivity index (χ0n) is 10.7. The Morgan fingerprint density at radius 3 is 2.75 bits per heavy atom. The summed E-state index contributed by atoms with van der Waals surface area (Å²) in [6.45, 7) is 1.94. The minimum absolute atomic E-state index is 0.0261. The first-order valence-corrected chi connectivity index (χ1v) is 5.85. The molecule has 2 rings (SSSR count). The Balaban J connectivity index is 1.96. The number of hydrogen-bond acceptors (Lipinski definition) is 4. The van der Waals surface area contributed by atoms with Crippen LogP contribution in [0.2, 0.25) is 0 Å². The lowest BCUT2D eigenvalue weighted by molar-refractivity contribution is 0.0698. The molecule has 2 amide bonds. The third kappa shape index (κ3) is 3.35. The van der Waals surface area contributed by atoms with Crippen molar-refractivity contribution in [2.45, 2.75) is 13.5 Å². The smallest absolute Gasteiger partial charge is 0.337 e. The number of carbonyl (C=O) groups excluding carboxylic acids is 1. The second kappa shape index (κ2) is 5.87. The predicted molar refractivity (Wildman–Crippen MR) is 70.5 cm³/mol. The number of aromatic carboxylic acids is 1. The molecular formula is C13H13N3O4. The first-order chi connectivity index (χ1) is 9.56. The maximum atomic E-state index is 11.7. The largest absolute Gasteiger partial charge is 0.478 e. The van der Waals surface area contributed by atoms with Gasteiger partial charge in [0.25, 0.3) is 0 Å². The molecule has 0 saturated heterocycles. The predicted octanol–water partition coefficient (Wildman–Crippen LogP) is 2.00. The quantitative estimate of drug-likeness (QED) is 0.791. The van der Waals surface area contributed by atoms with E-state index >= 15 is 0 Å². The number of hydrogen-bond donors (Lipinski definition) is 3. The molecule has 0 saturated carbocycles. The lowest BCUT2D eigenvalue weighted by Gasteiger charge is -2.08. The first kappa shape index (κ1) is 13.6. The molecule has 2 aromatic rings. The van der Waals surface area contributed by atoms with Gasteiger partial charge in [0.1, 0.15) is 0 Å². The summed E-state index contributed by atoms with van der Waals surface area (Å²) < 4.78 is 4.94. The molecule has 7 nitrogen and oxygen atoms in total. The van der Waals surface area contributed by atoms with Crippen LogP contribution in [-0.2, 0) is 6.54 Å². The summed E-state index contributed by atoms with van der Waals surface area (Å²) in [5, 5.41) is 17.7. The van der Waals surface area contributed by atoms with Crippen molar-refractivity contribution in [3.05, 3.63) is 47.3 Å². The molecule has 1 aromatic heterocycles. The lowest BCUT2D eigenvalue weighted by Crippen LogP contribution is -2.28. The van der Waals surface area contributed by atoms with E-state index in [2.05, 4.69) is 15.8 Å². The van der Waals surface area contributed by atoms with Crippen molar-refractivity contribution in [2.24, 2.45) is 0 Å². The van der Waals surface area contributed by atoms with Gasteiger partial charge in [0, 0.05) is 6.07 Å². The van der Waals surface area contributed by atoms with Crippen molar-refractivity contribution in [1.82, 2.24) is 10.5 Å². The monoisotopic (exact) mass is 275 g/mol. The number of benzene rings is 1. The molecule has 0 fully saturated rings. The average Bonchev–Trinajstić information content (AvgIpc) is 2.83. The van der Waals surface area contributed by atoms with Gasteiger partial charge in [0.15, 0.2) is 5.76 Å². The number of rotatable bonds is 4. The summed E-state index contributed by atoms with van der Waals surface area (Å²) >= 11 is 0. The Labute approximate surface area is 114 Å². The highest BCUT2D eigenvalue weighted by Gasteiger charge is 2.11. The topological polar surface area (TPSA) is 104 Å². The molecule has 0 bridgehead atoms. The molecule has 0 radical (unpaired) electrons. The van der Waals surface area contributed by atoms with E-state index in [0.717, 1.165) is 5.69 Å². The average molecular weight is 275 g/mol. The Morgan fingerprint density at radius 1 is 1.35 bits per heavy atom. The maximum absolute atomic E-state index is 11.7. The molecule has 0 aliphatic carbocycles. The minimum Gasteiger partial charge on any atom is -0.478 e. The second-order valence-corrected chi connectivity index (χ2v) is 4.09. The van der Waals surface area contributed by atoms with Gasteiger partial charge >= 0.3 is 12.0 Å². The highest BCUT2D eigenvalue weighted by Crippen LogP contribution is 2.14. The van der Waals surface area contributed by atoms with Gasteiger partial charge in [0.05, 0.1) is 23.5 Å². The fourth-order valence-electron chi connectivity index (χ4n) is 1.61. The van der Waals surface area contributed by atoms with Crippen molar-refractivity contribution in [1.29, 1.82) is 0 Å². The number of urea groups is 1. The van der Waals surface area contributed by atoms with Gasteiger partial charge < -0.3 is 20.3 Å². The summed E-state index contributed by atoms with van der Waals surface area (Å²) in [5.74, 6) is -0.587. The van der Waals surface area contributed by atoms with E-state index in [1.807, 2.05) is 0 Å². The zero-order valence-corrected chi connectivity index (χ0v) is 10.7. The number of para-hydroxylation sites is 1. The van der Waals surface area contributed by atoms with Gasteiger partial charge in [0.2, 0.25) is 0 Å². The molecule has 0 spiro atoms. The Hall–Kier alpha value is -2.83. The number of carbonyl (C=O) groups is 2. The summed E-state index contributed by atoms with van der Waals surface area (Å²) in [7, 11) is 0. The van der Waals surface area contributed by atoms with E-state index in [4.69, 9.17) is 9.63 Å². The molecule has 1 heterocycles. The normalized spacial score (nSPS) is 10.1. The number of carboxylic acids is 1. The standard InChI is InChI=1S/C13H13N3O4/c1-8-6-9(20-16-8)7-14-13(19)15-11-5-3-2-4-10(11)12(17)18/h2-6H,7H2,1H3,(H,17,18)(H2,14,15,19). The van der Waals surface area contributed by atoms with Crippen LogP contribution in [0.25, 0.3) is 0 Å². The van der Waals surface area contributed by atoms with Crippen LogP contribution in [-0.4, -0.2) is 22.3 Å². The molecule has 0 aliphatic rings. The highest BCUT2D eigenvalue weighted by molar-refractivity contribution is 5.99. The Morgan fingerprint density at radius 2 is 2.10 bits per heavy atom. The summed E-state index contributed by atoms with van der Waals surface area (Å²) in [6.07, 6.45) is 0. The number of amides is 2. The van der Waals surface area contributed by atoms with Gasteiger partial charge in [-0.15, -0.1) is 0 Å². The summed E-state index contributed by atoms with van der Waals surface area (Å²) in [4.78, 5) is 22.7. The second-order valence-electron chi connectivity index (χ2n) is 4.09. The maximum Gasteiger partial charge on any atom is 0.337 e. The molecule has 0 unspecified atom stereocenters. The SMILES string of the molecule is Cc1cc(CNC(=O)Nc2ccccc2C(=O)O)on1. The molecule has 104 valence electrons. The van der Waals surface area contributed by atoms with Crippen LogP contribution >= 0.6 is 0 Å².